The lowest BCUT2D eigenvalue weighted by Crippen LogP contribution is -2.37. The molecule has 0 spiro atoms. The van der Waals surface area contributed by atoms with Gasteiger partial charge in [-0.2, -0.15) is 0 Å². The van der Waals surface area contributed by atoms with E-state index in [2.05, 4.69) is 37.5 Å². The molecule has 1 atom stereocenters. The van der Waals surface area contributed by atoms with E-state index in [1.54, 1.807) is 16.7 Å². The highest BCUT2D eigenvalue weighted by atomic mass is 14.9. The van der Waals surface area contributed by atoms with Crippen LogP contribution in [-0.2, 0) is 6.42 Å². The van der Waals surface area contributed by atoms with Crippen LogP contribution in [0.3, 0.4) is 0 Å². The van der Waals surface area contributed by atoms with E-state index < -0.39 is 0 Å². The third-order valence-electron chi connectivity index (χ3n) is 4.80. The van der Waals surface area contributed by atoms with E-state index in [4.69, 9.17) is 0 Å². The van der Waals surface area contributed by atoms with Crippen molar-refractivity contribution in [2.75, 3.05) is 7.05 Å². The molecule has 0 aromatic heterocycles. The number of nitrogens with one attached hydrogen (secondary N) is 1. The molecule has 2 aliphatic rings. The highest BCUT2D eigenvalue weighted by Gasteiger charge is 2.29. The van der Waals surface area contributed by atoms with Gasteiger partial charge < -0.3 is 5.32 Å². The number of fused-ring (bicyclic) bond motifs is 1. The standard InChI is InChI=1S/C16H23N/c1-11-4-3-5-13-8-12(6-7-16(11)13)14-9-15(10-14)17-2/h6-8,11,14-15,17H,3-5,9-10H2,1-2H3. The fourth-order valence-corrected chi connectivity index (χ4v) is 3.46. The zero-order valence-corrected chi connectivity index (χ0v) is 11.0. The molecule has 2 aliphatic carbocycles. The number of benzene rings is 1. The van der Waals surface area contributed by atoms with Crippen molar-refractivity contribution in [1.29, 1.82) is 0 Å². The zero-order chi connectivity index (χ0) is 11.8. The fourth-order valence-electron chi connectivity index (χ4n) is 3.46. The first-order valence-electron chi connectivity index (χ1n) is 7.08. The predicted molar refractivity (Wildman–Crippen MR) is 72.6 cm³/mol. The molecule has 0 aliphatic heterocycles. The van der Waals surface area contributed by atoms with Gasteiger partial charge in [-0.3, -0.25) is 0 Å². The second-order valence-corrected chi connectivity index (χ2v) is 5.91. The fraction of sp³-hybridized carbons (Fsp3) is 0.625. The number of hydrogen-bond donors (Lipinski definition) is 1. The van der Waals surface area contributed by atoms with Crippen LogP contribution in [0.1, 0.15) is 61.1 Å². The molecule has 1 unspecified atom stereocenters. The molecule has 1 fully saturated rings. The number of aryl methyl sites for hydroxylation is 1. The SMILES string of the molecule is CNC1CC(c2ccc3c(c2)CCCC3C)C1. The molecule has 1 N–H and O–H groups in total. The minimum Gasteiger partial charge on any atom is -0.317 e. The predicted octanol–water partition coefficient (Wildman–Crippen LogP) is 3.59. The molecule has 0 amide bonds. The Morgan fingerprint density at radius 1 is 1.24 bits per heavy atom. The van der Waals surface area contributed by atoms with Gasteiger partial charge in [0.15, 0.2) is 0 Å². The molecule has 17 heavy (non-hydrogen) atoms. The van der Waals surface area contributed by atoms with Crippen LogP contribution in [0.25, 0.3) is 0 Å². The van der Waals surface area contributed by atoms with Crippen LogP contribution in [0.15, 0.2) is 18.2 Å². The molecule has 92 valence electrons. The van der Waals surface area contributed by atoms with Gasteiger partial charge in [-0.05, 0) is 67.7 Å². The lowest BCUT2D eigenvalue weighted by Gasteiger charge is -2.36. The van der Waals surface area contributed by atoms with E-state index in [1.807, 2.05) is 0 Å². The molecule has 0 bridgehead atoms. The maximum Gasteiger partial charge on any atom is 0.00757 e. The van der Waals surface area contributed by atoms with Crippen LogP contribution >= 0.6 is 0 Å². The Bertz CT molecular complexity index is 404. The molecule has 3 rings (SSSR count). The summed E-state index contributed by atoms with van der Waals surface area (Å²) in [4.78, 5) is 0. The molecule has 1 aromatic rings. The molecular weight excluding hydrogens is 206 g/mol. The molecule has 1 heteroatoms. The Kier molecular flexibility index (Phi) is 2.96. The normalized spacial score (nSPS) is 31.8. The highest BCUT2D eigenvalue weighted by molar-refractivity contribution is 5.38. The van der Waals surface area contributed by atoms with E-state index in [-0.39, 0.29) is 0 Å². The Labute approximate surface area is 105 Å². The first kappa shape index (κ1) is 11.3. The summed E-state index contributed by atoms with van der Waals surface area (Å²) in [5, 5.41) is 3.37. The Morgan fingerprint density at radius 3 is 2.82 bits per heavy atom. The average Bonchev–Trinajstić information content (AvgIpc) is 2.28. The van der Waals surface area contributed by atoms with E-state index in [9.17, 15) is 0 Å². The summed E-state index contributed by atoms with van der Waals surface area (Å²) >= 11 is 0. The first-order chi connectivity index (χ1) is 8.28. The molecule has 0 heterocycles. The third kappa shape index (κ3) is 2.01. The summed E-state index contributed by atoms with van der Waals surface area (Å²) < 4.78 is 0. The van der Waals surface area contributed by atoms with Crippen LogP contribution in [0.4, 0.5) is 0 Å². The summed E-state index contributed by atoms with van der Waals surface area (Å²) in [6.07, 6.45) is 6.70. The van der Waals surface area contributed by atoms with Crippen LogP contribution in [0.5, 0.6) is 0 Å². The van der Waals surface area contributed by atoms with E-state index >= 15 is 0 Å². The van der Waals surface area contributed by atoms with Gasteiger partial charge >= 0.3 is 0 Å². The van der Waals surface area contributed by atoms with Crippen LogP contribution < -0.4 is 5.32 Å². The van der Waals surface area contributed by atoms with Crippen molar-refractivity contribution in [3.8, 4) is 0 Å². The lowest BCUT2D eigenvalue weighted by molar-refractivity contribution is 0.307. The van der Waals surface area contributed by atoms with Gasteiger partial charge in [-0.15, -0.1) is 0 Å². The van der Waals surface area contributed by atoms with Crippen molar-refractivity contribution in [2.24, 2.45) is 0 Å². The van der Waals surface area contributed by atoms with Crippen molar-refractivity contribution in [3.63, 3.8) is 0 Å². The van der Waals surface area contributed by atoms with Gasteiger partial charge in [0.1, 0.15) is 0 Å². The Balaban J connectivity index is 1.79. The van der Waals surface area contributed by atoms with Gasteiger partial charge in [0.2, 0.25) is 0 Å². The summed E-state index contributed by atoms with van der Waals surface area (Å²) in [6.45, 7) is 2.37. The quantitative estimate of drug-likeness (QED) is 0.817. The van der Waals surface area contributed by atoms with Crippen molar-refractivity contribution in [1.82, 2.24) is 5.32 Å². The molecule has 1 saturated carbocycles. The molecule has 1 nitrogen and oxygen atoms in total. The summed E-state index contributed by atoms with van der Waals surface area (Å²) in [5.41, 5.74) is 4.84. The smallest absolute Gasteiger partial charge is 0.00757 e. The molecule has 0 radical (unpaired) electrons. The molecule has 1 aromatic carbocycles. The largest absolute Gasteiger partial charge is 0.317 e. The zero-order valence-electron chi connectivity index (χ0n) is 11.0. The second kappa shape index (κ2) is 4.45. The maximum atomic E-state index is 3.37. The average molecular weight is 229 g/mol. The van der Waals surface area contributed by atoms with Gasteiger partial charge in [-0.25, -0.2) is 0 Å². The Morgan fingerprint density at radius 2 is 2.06 bits per heavy atom. The minimum absolute atomic E-state index is 0.759. The molecule has 0 saturated heterocycles. The number of rotatable bonds is 2. The van der Waals surface area contributed by atoms with Gasteiger partial charge in [0, 0.05) is 6.04 Å². The topological polar surface area (TPSA) is 12.0 Å². The van der Waals surface area contributed by atoms with Crippen molar-refractivity contribution < 1.29 is 0 Å². The first-order valence-corrected chi connectivity index (χ1v) is 7.08. The molecular formula is C16H23N. The number of hydrogen-bond acceptors (Lipinski definition) is 1. The van der Waals surface area contributed by atoms with Gasteiger partial charge in [-0.1, -0.05) is 25.1 Å². The monoisotopic (exact) mass is 229 g/mol. The van der Waals surface area contributed by atoms with E-state index in [0.29, 0.717) is 0 Å². The summed E-state index contributed by atoms with van der Waals surface area (Å²) in [6, 6.07) is 8.05. The van der Waals surface area contributed by atoms with Gasteiger partial charge in [0.25, 0.3) is 0 Å². The lowest BCUT2D eigenvalue weighted by atomic mass is 9.74. The van der Waals surface area contributed by atoms with Gasteiger partial charge in [0.05, 0.1) is 0 Å². The van der Waals surface area contributed by atoms with Crippen molar-refractivity contribution in [2.45, 2.75) is 56.9 Å². The van der Waals surface area contributed by atoms with E-state index in [1.165, 1.54) is 32.1 Å². The summed E-state index contributed by atoms with van der Waals surface area (Å²) in [7, 11) is 2.08. The second-order valence-electron chi connectivity index (χ2n) is 5.91. The Hall–Kier alpha value is -0.820. The summed E-state index contributed by atoms with van der Waals surface area (Å²) in [5.74, 6) is 1.59. The minimum atomic E-state index is 0.759. The highest BCUT2D eigenvalue weighted by Crippen LogP contribution is 2.39. The third-order valence-corrected chi connectivity index (χ3v) is 4.80. The van der Waals surface area contributed by atoms with Crippen LogP contribution in [0, 0.1) is 0 Å². The van der Waals surface area contributed by atoms with Crippen molar-refractivity contribution >= 4 is 0 Å². The van der Waals surface area contributed by atoms with E-state index in [0.717, 1.165) is 17.9 Å². The van der Waals surface area contributed by atoms with Crippen molar-refractivity contribution in [3.05, 3.63) is 34.9 Å². The van der Waals surface area contributed by atoms with Crippen LogP contribution in [-0.4, -0.2) is 13.1 Å². The maximum absolute atomic E-state index is 3.37. The van der Waals surface area contributed by atoms with Crippen LogP contribution in [0.2, 0.25) is 0 Å².